The molecule has 0 bridgehead atoms. The number of carbonyl (C=O) groups is 1. The number of benzene rings is 1. The van der Waals surface area contributed by atoms with Crippen molar-refractivity contribution in [2.75, 3.05) is 0 Å². The van der Waals surface area contributed by atoms with E-state index in [9.17, 15) is 13.2 Å². The van der Waals surface area contributed by atoms with Gasteiger partial charge in [0.15, 0.2) is 11.2 Å². The highest BCUT2D eigenvalue weighted by atomic mass is 32.2. The predicted molar refractivity (Wildman–Crippen MR) is 76.2 cm³/mol. The minimum absolute atomic E-state index is 0.326. The molecule has 5 nitrogen and oxygen atoms in total. The molecule has 1 rings (SSSR count). The van der Waals surface area contributed by atoms with Crippen LogP contribution in [0, 0.1) is 0 Å². The lowest BCUT2D eigenvalue weighted by Crippen LogP contribution is -2.23. The van der Waals surface area contributed by atoms with E-state index in [1.54, 1.807) is 12.1 Å². The van der Waals surface area contributed by atoms with Gasteiger partial charge in [0.05, 0.1) is 6.42 Å². The summed E-state index contributed by atoms with van der Waals surface area (Å²) in [5.41, 5.74) is -0.628. The quantitative estimate of drug-likeness (QED) is 0.436. The van der Waals surface area contributed by atoms with Crippen molar-refractivity contribution in [2.45, 2.75) is 44.5 Å². The average Bonchev–Trinajstić information content (AvgIpc) is 2.38. The number of hydrogen-bond donors (Lipinski definition) is 2. The molecule has 0 amide bonds. The Labute approximate surface area is 119 Å². The van der Waals surface area contributed by atoms with Crippen LogP contribution in [0.3, 0.4) is 0 Å². The van der Waals surface area contributed by atoms with E-state index in [0.717, 1.165) is 31.2 Å². The molecule has 112 valence electrons. The second kappa shape index (κ2) is 7.52. The van der Waals surface area contributed by atoms with E-state index in [2.05, 4.69) is 6.92 Å². The van der Waals surface area contributed by atoms with E-state index in [0.29, 0.717) is 5.56 Å². The molecule has 1 atom stereocenters. The van der Waals surface area contributed by atoms with Crippen molar-refractivity contribution < 1.29 is 22.9 Å². The zero-order chi connectivity index (χ0) is 15.2. The summed E-state index contributed by atoms with van der Waals surface area (Å²) in [4.78, 5) is 11.7. The van der Waals surface area contributed by atoms with Gasteiger partial charge in [-0.3, -0.25) is 9.35 Å². The highest BCUT2D eigenvalue weighted by Gasteiger charge is 2.23. The van der Waals surface area contributed by atoms with Crippen LogP contribution in [-0.2, 0) is 16.5 Å². The third-order valence-electron chi connectivity index (χ3n) is 3.05. The van der Waals surface area contributed by atoms with Crippen molar-refractivity contribution in [1.29, 1.82) is 0 Å². The summed E-state index contributed by atoms with van der Waals surface area (Å²) in [6, 6.07) is 6.87. The Morgan fingerprint density at radius 1 is 1.20 bits per heavy atom. The molecule has 0 heterocycles. The molecular weight excluding hydrogens is 280 g/mol. The van der Waals surface area contributed by atoms with Gasteiger partial charge in [-0.05, 0) is 18.4 Å². The predicted octanol–water partition coefficient (Wildman–Crippen LogP) is 2.20. The second-order valence-electron chi connectivity index (χ2n) is 4.75. The maximum atomic E-state index is 11.7. The number of aliphatic hydroxyl groups excluding tert-OH is 1. The number of ketones is 1. The summed E-state index contributed by atoms with van der Waals surface area (Å²) in [5, 5.41) is 9.16. The number of Topliss-reactive ketones (excluding diaryl/α,β-unsaturated/α-hetero) is 1. The third-order valence-corrected chi connectivity index (χ3v) is 3.90. The first-order valence-corrected chi connectivity index (χ1v) is 8.11. The fourth-order valence-electron chi connectivity index (χ4n) is 1.82. The molecule has 1 aromatic carbocycles. The number of aliphatic hydroxyl groups is 1. The van der Waals surface area contributed by atoms with Gasteiger partial charge in [0.1, 0.15) is 0 Å². The Hall–Kier alpha value is -1.24. The lowest BCUT2D eigenvalue weighted by molar-refractivity contribution is 0.0932. The lowest BCUT2D eigenvalue weighted by Gasteiger charge is -2.07. The fraction of sp³-hybridized carbons (Fsp3) is 0.500. The maximum Gasteiger partial charge on any atom is 0.292 e. The molecule has 0 saturated carbocycles. The summed E-state index contributed by atoms with van der Waals surface area (Å²) >= 11 is 0. The molecule has 0 radical (unpaired) electrons. The largest absolute Gasteiger partial charge is 0.375 e. The van der Waals surface area contributed by atoms with Crippen LogP contribution >= 0.6 is 0 Å². The van der Waals surface area contributed by atoms with Crippen LogP contribution in [0.5, 0.6) is 0 Å². The first kappa shape index (κ1) is 16.8. The van der Waals surface area contributed by atoms with E-state index < -0.39 is 27.8 Å². The van der Waals surface area contributed by atoms with Crippen LogP contribution in [0.1, 0.15) is 48.5 Å². The highest BCUT2D eigenvalue weighted by Crippen LogP contribution is 2.12. The molecule has 0 saturated heterocycles. The molecular formula is C14H20O5S. The highest BCUT2D eigenvalue weighted by molar-refractivity contribution is 7.86. The Morgan fingerprint density at radius 2 is 1.80 bits per heavy atom. The molecule has 0 aliphatic heterocycles. The van der Waals surface area contributed by atoms with Crippen molar-refractivity contribution in [1.82, 2.24) is 0 Å². The molecule has 1 aromatic rings. The summed E-state index contributed by atoms with van der Waals surface area (Å²) < 4.78 is 29.9. The third kappa shape index (κ3) is 5.40. The molecule has 0 aromatic heterocycles. The van der Waals surface area contributed by atoms with Crippen LogP contribution in [0.25, 0.3) is 0 Å². The van der Waals surface area contributed by atoms with Gasteiger partial charge in [0.2, 0.25) is 0 Å². The Kier molecular flexibility index (Phi) is 6.32. The fourth-order valence-corrected chi connectivity index (χ4v) is 2.18. The SMILES string of the molecule is CCCCCc1ccc(C(=O)CC(O)S(=O)(=O)O)cc1. The average molecular weight is 300 g/mol. The van der Waals surface area contributed by atoms with Crippen molar-refractivity contribution in [3.05, 3.63) is 35.4 Å². The molecule has 0 fully saturated rings. The van der Waals surface area contributed by atoms with E-state index in [1.807, 2.05) is 12.1 Å². The van der Waals surface area contributed by atoms with Crippen molar-refractivity contribution in [2.24, 2.45) is 0 Å². The number of hydrogen-bond acceptors (Lipinski definition) is 4. The molecule has 1 unspecified atom stereocenters. The zero-order valence-corrected chi connectivity index (χ0v) is 12.3. The van der Waals surface area contributed by atoms with E-state index in [1.165, 1.54) is 0 Å². The van der Waals surface area contributed by atoms with Gasteiger partial charge in [-0.25, -0.2) is 0 Å². The summed E-state index contributed by atoms with van der Waals surface area (Å²) in [7, 11) is -4.59. The van der Waals surface area contributed by atoms with Crippen molar-refractivity contribution in [3.8, 4) is 0 Å². The normalized spacial score (nSPS) is 13.2. The maximum absolute atomic E-state index is 11.7. The number of rotatable bonds is 8. The second-order valence-corrected chi connectivity index (χ2v) is 6.33. The van der Waals surface area contributed by atoms with Gasteiger partial charge in [-0.1, -0.05) is 44.0 Å². The smallest absolute Gasteiger partial charge is 0.292 e. The summed E-state index contributed by atoms with van der Waals surface area (Å²) in [6.45, 7) is 2.13. The van der Waals surface area contributed by atoms with Crippen LogP contribution < -0.4 is 0 Å². The van der Waals surface area contributed by atoms with Gasteiger partial charge in [-0.2, -0.15) is 8.42 Å². The van der Waals surface area contributed by atoms with Crippen LogP contribution in [-0.4, -0.2) is 29.3 Å². The first-order chi connectivity index (χ1) is 9.34. The van der Waals surface area contributed by atoms with Crippen molar-refractivity contribution >= 4 is 15.9 Å². The van der Waals surface area contributed by atoms with Gasteiger partial charge < -0.3 is 5.11 Å². The van der Waals surface area contributed by atoms with Crippen molar-refractivity contribution in [3.63, 3.8) is 0 Å². The molecule has 0 aliphatic carbocycles. The van der Waals surface area contributed by atoms with Gasteiger partial charge in [0.25, 0.3) is 10.1 Å². The van der Waals surface area contributed by atoms with Crippen LogP contribution in [0.4, 0.5) is 0 Å². The Morgan fingerprint density at radius 3 is 2.30 bits per heavy atom. The lowest BCUT2D eigenvalue weighted by atomic mass is 10.0. The Bertz CT molecular complexity index is 533. The summed E-state index contributed by atoms with van der Waals surface area (Å²) in [6.07, 6.45) is 3.68. The topological polar surface area (TPSA) is 91.7 Å². The summed E-state index contributed by atoms with van der Waals surface area (Å²) in [5.74, 6) is -0.518. The minimum atomic E-state index is -4.59. The molecule has 2 N–H and O–H groups in total. The minimum Gasteiger partial charge on any atom is -0.375 e. The van der Waals surface area contributed by atoms with E-state index >= 15 is 0 Å². The first-order valence-electron chi connectivity index (χ1n) is 6.61. The Balaban J connectivity index is 2.62. The molecule has 0 aliphatic rings. The van der Waals surface area contributed by atoms with E-state index in [-0.39, 0.29) is 0 Å². The monoisotopic (exact) mass is 300 g/mol. The van der Waals surface area contributed by atoms with Gasteiger partial charge >= 0.3 is 0 Å². The van der Waals surface area contributed by atoms with Crippen LogP contribution in [0.15, 0.2) is 24.3 Å². The van der Waals surface area contributed by atoms with Gasteiger partial charge in [-0.15, -0.1) is 0 Å². The number of carbonyl (C=O) groups excluding carboxylic acids is 1. The standard InChI is InChI=1S/C14H20O5S/c1-2-3-4-5-11-6-8-12(9-7-11)13(15)10-14(16)20(17,18)19/h6-9,14,16H,2-5,10H2,1H3,(H,17,18,19). The zero-order valence-electron chi connectivity index (χ0n) is 11.4. The van der Waals surface area contributed by atoms with Gasteiger partial charge in [0, 0.05) is 5.56 Å². The number of unbranched alkanes of at least 4 members (excludes halogenated alkanes) is 2. The molecule has 0 spiro atoms. The number of aryl methyl sites for hydroxylation is 1. The van der Waals surface area contributed by atoms with Crippen LogP contribution in [0.2, 0.25) is 0 Å². The van der Waals surface area contributed by atoms with E-state index in [4.69, 9.17) is 9.66 Å². The molecule has 20 heavy (non-hydrogen) atoms. The molecule has 6 heteroatoms.